The summed E-state index contributed by atoms with van der Waals surface area (Å²) in [6.07, 6.45) is -3.61. The van der Waals surface area contributed by atoms with E-state index in [2.05, 4.69) is 15.0 Å². The number of halogens is 3. The Kier molecular flexibility index (Phi) is 4.31. The molecule has 2 aromatic heterocycles. The molecular formula is C16H12F3N3OS. The molecule has 0 aliphatic carbocycles. The lowest BCUT2D eigenvalue weighted by atomic mass is 10.1. The molecule has 0 radical (unpaired) electrons. The number of rotatable bonds is 3. The van der Waals surface area contributed by atoms with E-state index in [0.717, 1.165) is 17.8 Å². The van der Waals surface area contributed by atoms with Crippen LogP contribution in [0.15, 0.2) is 46.3 Å². The molecule has 0 spiro atoms. The van der Waals surface area contributed by atoms with Crippen molar-refractivity contribution in [3.05, 3.63) is 63.8 Å². The topological polar surface area (TPSA) is 58.6 Å². The number of pyridine rings is 1. The second-order valence-electron chi connectivity index (χ2n) is 5.16. The summed E-state index contributed by atoms with van der Waals surface area (Å²) in [6.45, 7) is 1.86. The number of benzene rings is 1. The van der Waals surface area contributed by atoms with E-state index in [-0.39, 0.29) is 5.56 Å². The average Bonchev–Trinajstić information content (AvgIpc) is 2.53. The standard InChI is InChI=1S/C16H12F3N3OS/c1-9-3-2-4-11-14(9)21-12(22-15(11)23)8-24-13-6-5-10(7-20-13)16(17,18)19/h2-7H,8H2,1H3,(H,21,22,23). The van der Waals surface area contributed by atoms with Gasteiger partial charge in [0.2, 0.25) is 0 Å². The van der Waals surface area contributed by atoms with Crippen molar-refractivity contribution in [3.63, 3.8) is 0 Å². The number of aromatic nitrogens is 3. The van der Waals surface area contributed by atoms with Crippen LogP contribution in [0.4, 0.5) is 13.2 Å². The lowest BCUT2D eigenvalue weighted by Crippen LogP contribution is -2.11. The summed E-state index contributed by atoms with van der Waals surface area (Å²) in [5.74, 6) is 0.756. The van der Waals surface area contributed by atoms with Crippen LogP contribution >= 0.6 is 11.8 Å². The maximum atomic E-state index is 12.5. The van der Waals surface area contributed by atoms with E-state index in [4.69, 9.17) is 0 Å². The van der Waals surface area contributed by atoms with Gasteiger partial charge in [-0.15, -0.1) is 0 Å². The molecular weight excluding hydrogens is 339 g/mol. The van der Waals surface area contributed by atoms with Gasteiger partial charge in [0.05, 0.1) is 27.2 Å². The van der Waals surface area contributed by atoms with Crippen LogP contribution in [0.2, 0.25) is 0 Å². The summed E-state index contributed by atoms with van der Waals surface area (Å²) < 4.78 is 37.5. The number of hydrogen-bond acceptors (Lipinski definition) is 4. The van der Waals surface area contributed by atoms with Gasteiger partial charge in [-0.3, -0.25) is 4.79 Å². The fraction of sp³-hybridized carbons (Fsp3) is 0.188. The highest BCUT2D eigenvalue weighted by atomic mass is 32.2. The first-order chi connectivity index (χ1) is 11.3. The minimum Gasteiger partial charge on any atom is -0.309 e. The molecule has 2 heterocycles. The molecule has 0 aliphatic heterocycles. The normalized spacial score (nSPS) is 11.8. The Morgan fingerprint density at radius 3 is 2.67 bits per heavy atom. The molecule has 3 rings (SSSR count). The Morgan fingerprint density at radius 2 is 2.00 bits per heavy atom. The number of thioether (sulfide) groups is 1. The van der Waals surface area contributed by atoms with Crippen molar-refractivity contribution in [1.82, 2.24) is 15.0 Å². The Morgan fingerprint density at radius 1 is 1.21 bits per heavy atom. The molecule has 124 valence electrons. The van der Waals surface area contributed by atoms with Crippen LogP contribution in [0.5, 0.6) is 0 Å². The molecule has 4 nitrogen and oxygen atoms in total. The molecule has 8 heteroatoms. The number of aromatic amines is 1. The molecule has 0 unspecified atom stereocenters. The Bertz CT molecular complexity index is 936. The average molecular weight is 351 g/mol. The van der Waals surface area contributed by atoms with Crippen molar-refractivity contribution in [1.29, 1.82) is 0 Å². The molecule has 24 heavy (non-hydrogen) atoms. The van der Waals surface area contributed by atoms with Crippen LogP contribution in [0.1, 0.15) is 17.0 Å². The summed E-state index contributed by atoms with van der Waals surface area (Å²) >= 11 is 1.20. The lowest BCUT2D eigenvalue weighted by Gasteiger charge is -2.07. The van der Waals surface area contributed by atoms with E-state index in [1.54, 1.807) is 12.1 Å². The summed E-state index contributed by atoms with van der Waals surface area (Å²) in [5.41, 5.74) is 0.481. The maximum absolute atomic E-state index is 12.5. The first kappa shape index (κ1) is 16.5. The zero-order valence-electron chi connectivity index (χ0n) is 12.5. The number of para-hydroxylation sites is 1. The van der Waals surface area contributed by atoms with Gasteiger partial charge in [-0.25, -0.2) is 9.97 Å². The molecule has 0 saturated carbocycles. The predicted molar refractivity (Wildman–Crippen MR) is 85.9 cm³/mol. The van der Waals surface area contributed by atoms with Crippen LogP contribution in [-0.2, 0) is 11.9 Å². The van der Waals surface area contributed by atoms with Crippen molar-refractivity contribution < 1.29 is 13.2 Å². The first-order valence-corrected chi connectivity index (χ1v) is 7.98. The fourth-order valence-electron chi connectivity index (χ4n) is 2.20. The maximum Gasteiger partial charge on any atom is 0.417 e. The highest BCUT2D eigenvalue weighted by molar-refractivity contribution is 7.98. The molecule has 0 amide bonds. The number of aryl methyl sites for hydroxylation is 1. The molecule has 1 aromatic carbocycles. The van der Waals surface area contributed by atoms with E-state index in [1.807, 2.05) is 13.0 Å². The van der Waals surface area contributed by atoms with Crippen molar-refractivity contribution >= 4 is 22.7 Å². The van der Waals surface area contributed by atoms with Crippen LogP contribution in [0, 0.1) is 6.92 Å². The minimum absolute atomic E-state index is 0.236. The third-order valence-electron chi connectivity index (χ3n) is 3.41. The summed E-state index contributed by atoms with van der Waals surface area (Å²) in [5, 5.41) is 0.937. The fourth-order valence-corrected chi connectivity index (χ4v) is 2.91. The Labute approximate surface area is 139 Å². The van der Waals surface area contributed by atoms with Gasteiger partial charge in [-0.1, -0.05) is 23.9 Å². The molecule has 1 N–H and O–H groups in total. The van der Waals surface area contributed by atoms with Crippen molar-refractivity contribution in [2.24, 2.45) is 0 Å². The zero-order chi connectivity index (χ0) is 17.3. The largest absolute Gasteiger partial charge is 0.417 e. The second kappa shape index (κ2) is 6.27. The SMILES string of the molecule is Cc1cccc2c(=O)[nH]c(CSc3ccc(C(F)(F)F)cn3)nc12. The summed E-state index contributed by atoms with van der Waals surface area (Å²) in [7, 11) is 0. The third kappa shape index (κ3) is 3.43. The van der Waals surface area contributed by atoms with Gasteiger partial charge in [0.25, 0.3) is 5.56 Å². The van der Waals surface area contributed by atoms with Gasteiger partial charge >= 0.3 is 6.18 Å². The van der Waals surface area contributed by atoms with E-state index >= 15 is 0 Å². The highest BCUT2D eigenvalue weighted by Crippen LogP contribution is 2.30. The van der Waals surface area contributed by atoms with E-state index < -0.39 is 11.7 Å². The van der Waals surface area contributed by atoms with Gasteiger partial charge in [-0.2, -0.15) is 13.2 Å². The smallest absolute Gasteiger partial charge is 0.309 e. The van der Waals surface area contributed by atoms with Crippen molar-refractivity contribution in [2.75, 3.05) is 0 Å². The van der Waals surface area contributed by atoms with Gasteiger partial charge < -0.3 is 4.98 Å². The van der Waals surface area contributed by atoms with Gasteiger partial charge in [0.1, 0.15) is 5.82 Å². The van der Waals surface area contributed by atoms with E-state index in [1.165, 1.54) is 17.8 Å². The summed E-state index contributed by atoms with van der Waals surface area (Å²) in [6, 6.07) is 7.63. The Hall–Kier alpha value is -2.35. The highest BCUT2D eigenvalue weighted by Gasteiger charge is 2.30. The molecule has 0 bridgehead atoms. The van der Waals surface area contributed by atoms with Crippen LogP contribution in [-0.4, -0.2) is 15.0 Å². The first-order valence-electron chi connectivity index (χ1n) is 6.99. The van der Waals surface area contributed by atoms with E-state index in [9.17, 15) is 18.0 Å². The quantitative estimate of drug-likeness (QED) is 0.726. The van der Waals surface area contributed by atoms with E-state index in [0.29, 0.717) is 27.5 Å². The number of H-pyrrole nitrogens is 1. The summed E-state index contributed by atoms with van der Waals surface area (Å²) in [4.78, 5) is 23.0. The van der Waals surface area contributed by atoms with Gasteiger partial charge in [-0.05, 0) is 30.7 Å². The minimum atomic E-state index is -4.40. The third-order valence-corrected chi connectivity index (χ3v) is 4.36. The number of hydrogen-bond donors (Lipinski definition) is 1. The number of nitrogens with one attached hydrogen (secondary N) is 1. The molecule has 0 fully saturated rings. The van der Waals surface area contributed by atoms with Crippen molar-refractivity contribution in [3.8, 4) is 0 Å². The Balaban J connectivity index is 1.81. The number of nitrogens with zero attached hydrogens (tertiary/aromatic N) is 2. The molecule has 0 saturated heterocycles. The lowest BCUT2D eigenvalue weighted by molar-refractivity contribution is -0.137. The monoisotopic (exact) mass is 351 g/mol. The van der Waals surface area contributed by atoms with Crippen LogP contribution < -0.4 is 5.56 Å². The van der Waals surface area contributed by atoms with Crippen molar-refractivity contribution in [2.45, 2.75) is 23.9 Å². The molecule has 0 atom stereocenters. The number of fused-ring (bicyclic) bond motifs is 1. The predicted octanol–water partition coefficient (Wildman–Crippen LogP) is 3.94. The van der Waals surface area contributed by atoms with Crippen LogP contribution in [0.25, 0.3) is 10.9 Å². The van der Waals surface area contributed by atoms with Gasteiger partial charge in [0.15, 0.2) is 0 Å². The molecule has 3 aromatic rings. The second-order valence-corrected chi connectivity index (χ2v) is 6.15. The number of alkyl halides is 3. The molecule has 0 aliphatic rings. The van der Waals surface area contributed by atoms with Gasteiger partial charge in [0, 0.05) is 6.20 Å². The van der Waals surface area contributed by atoms with Crippen LogP contribution in [0.3, 0.4) is 0 Å². The zero-order valence-corrected chi connectivity index (χ0v) is 13.3.